The molecule has 0 fully saturated rings. The van der Waals surface area contributed by atoms with Gasteiger partial charge < -0.3 is 17.7 Å². The first-order valence-electron chi connectivity index (χ1n) is 5.79. The lowest BCUT2D eigenvalue weighted by molar-refractivity contribution is 0.229. The predicted octanol–water partition coefficient (Wildman–Crippen LogP) is 3.37. The minimum Gasteiger partial charge on any atom is -0.486 e. The fraction of sp³-hybridized carbons (Fsp3) is 0.333. The summed E-state index contributed by atoms with van der Waals surface area (Å²) in [5, 5.41) is 0. The first-order chi connectivity index (χ1) is 8.47. The second kappa shape index (κ2) is 5.04. The van der Waals surface area contributed by atoms with Crippen molar-refractivity contribution in [2.45, 2.75) is 25.4 Å². The van der Waals surface area contributed by atoms with Gasteiger partial charge in [-0.1, -0.05) is 17.6 Å². The van der Waals surface area contributed by atoms with Crippen molar-refractivity contribution in [1.29, 1.82) is 0 Å². The molecular formula is C12H12BF4O-. The molecule has 1 aromatic carbocycles. The third kappa shape index (κ3) is 3.06. The van der Waals surface area contributed by atoms with Crippen molar-refractivity contribution in [2.24, 2.45) is 0 Å². The lowest BCUT2D eigenvalue weighted by atomic mass is 9.80. The monoisotopic (exact) mass is 259 g/mol. The number of ether oxygens (including phenoxy) is 1. The van der Waals surface area contributed by atoms with E-state index in [0.717, 1.165) is 37.5 Å². The molecule has 0 bridgehead atoms. The minimum atomic E-state index is -5.31. The van der Waals surface area contributed by atoms with E-state index in [-0.39, 0.29) is 11.9 Å². The molecule has 0 heterocycles. The van der Waals surface area contributed by atoms with Crippen LogP contribution in [0.1, 0.15) is 19.3 Å². The summed E-state index contributed by atoms with van der Waals surface area (Å²) < 4.78 is 55.9. The van der Waals surface area contributed by atoms with E-state index in [1.165, 1.54) is 0 Å². The zero-order chi connectivity index (χ0) is 13.2. The molecule has 1 aromatic rings. The van der Waals surface area contributed by atoms with E-state index >= 15 is 0 Å². The van der Waals surface area contributed by atoms with E-state index in [0.29, 0.717) is 0 Å². The third-order valence-corrected chi connectivity index (χ3v) is 2.82. The molecule has 98 valence electrons. The van der Waals surface area contributed by atoms with Gasteiger partial charge in [0.15, 0.2) is 0 Å². The summed E-state index contributed by atoms with van der Waals surface area (Å²) in [7, 11) is 0. The van der Waals surface area contributed by atoms with Crippen molar-refractivity contribution in [3.63, 3.8) is 0 Å². The Kier molecular flexibility index (Phi) is 3.64. The van der Waals surface area contributed by atoms with Gasteiger partial charge in [0.25, 0.3) is 0 Å². The van der Waals surface area contributed by atoms with E-state index < -0.39 is 18.3 Å². The highest BCUT2D eigenvalue weighted by atomic mass is 19.4. The standard InChI is InChI=1S/C12H12BF4O/c14-12-8-10(6-7-11(12)13(15,16)17)18-9-4-2-1-3-5-9/h2,4,6-9H,1,3,5H2/q-1. The molecule has 1 aliphatic carbocycles. The fourth-order valence-electron chi connectivity index (χ4n) is 1.90. The molecule has 0 amide bonds. The molecule has 0 saturated carbocycles. The van der Waals surface area contributed by atoms with Gasteiger partial charge in [-0.05, 0) is 31.4 Å². The highest BCUT2D eigenvalue weighted by Gasteiger charge is 2.29. The number of allylic oxidation sites excluding steroid dienone is 1. The van der Waals surface area contributed by atoms with E-state index in [9.17, 15) is 17.3 Å². The van der Waals surface area contributed by atoms with Gasteiger partial charge in [-0.3, -0.25) is 0 Å². The summed E-state index contributed by atoms with van der Waals surface area (Å²) in [6.07, 6.45) is 6.36. The lowest BCUT2D eigenvalue weighted by Crippen LogP contribution is -2.36. The van der Waals surface area contributed by atoms with Crippen LogP contribution in [0.4, 0.5) is 17.3 Å². The number of hydrogen-bond donors (Lipinski definition) is 0. The molecule has 0 radical (unpaired) electrons. The normalized spacial score (nSPS) is 19.9. The van der Waals surface area contributed by atoms with E-state index in [2.05, 4.69) is 0 Å². The maximum absolute atomic E-state index is 13.3. The molecule has 1 unspecified atom stereocenters. The van der Waals surface area contributed by atoms with Crippen LogP contribution in [0.5, 0.6) is 5.75 Å². The van der Waals surface area contributed by atoms with Crippen LogP contribution < -0.4 is 10.2 Å². The Morgan fingerprint density at radius 2 is 2.00 bits per heavy atom. The van der Waals surface area contributed by atoms with E-state index in [1.54, 1.807) is 0 Å². The number of hydrogen-bond acceptors (Lipinski definition) is 1. The topological polar surface area (TPSA) is 9.23 Å². The van der Waals surface area contributed by atoms with Crippen LogP contribution in [-0.4, -0.2) is 13.1 Å². The van der Waals surface area contributed by atoms with Gasteiger partial charge in [-0.15, -0.1) is 0 Å². The highest BCUT2D eigenvalue weighted by Crippen LogP contribution is 2.21. The minimum absolute atomic E-state index is 0.132. The second-order valence-corrected chi connectivity index (χ2v) is 4.27. The summed E-state index contributed by atoms with van der Waals surface area (Å²) in [5.74, 6) is -1.15. The lowest BCUT2D eigenvalue weighted by Gasteiger charge is -2.20. The molecule has 1 atom stereocenters. The van der Waals surface area contributed by atoms with Crippen LogP contribution in [0.2, 0.25) is 0 Å². The Morgan fingerprint density at radius 1 is 1.22 bits per heavy atom. The quantitative estimate of drug-likeness (QED) is 0.459. The van der Waals surface area contributed by atoms with Crippen molar-refractivity contribution in [1.82, 2.24) is 0 Å². The van der Waals surface area contributed by atoms with Gasteiger partial charge in [0.1, 0.15) is 11.9 Å². The first kappa shape index (κ1) is 13.0. The fourth-order valence-corrected chi connectivity index (χ4v) is 1.90. The molecule has 0 N–H and O–H groups in total. The zero-order valence-corrected chi connectivity index (χ0v) is 9.58. The molecule has 0 aliphatic heterocycles. The Hall–Kier alpha value is -1.46. The summed E-state index contributed by atoms with van der Waals surface area (Å²) in [6, 6.07) is 2.69. The molecule has 0 saturated heterocycles. The molecule has 1 nitrogen and oxygen atoms in total. The van der Waals surface area contributed by atoms with Crippen molar-refractivity contribution in [3.8, 4) is 5.75 Å². The van der Waals surface area contributed by atoms with Gasteiger partial charge in [-0.25, -0.2) is 4.39 Å². The van der Waals surface area contributed by atoms with Crippen LogP contribution in [0.25, 0.3) is 0 Å². The average molecular weight is 259 g/mol. The molecule has 0 aromatic heterocycles. The summed E-state index contributed by atoms with van der Waals surface area (Å²) in [6.45, 7) is -5.31. The number of benzene rings is 1. The highest BCUT2D eigenvalue weighted by molar-refractivity contribution is 6.73. The summed E-state index contributed by atoms with van der Waals surface area (Å²) in [5.41, 5.74) is -1.21. The molecular weight excluding hydrogens is 247 g/mol. The van der Waals surface area contributed by atoms with E-state index in [1.807, 2.05) is 12.2 Å². The van der Waals surface area contributed by atoms with Crippen molar-refractivity contribution in [3.05, 3.63) is 36.2 Å². The Bertz CT molecular complexity index is 456. The van der Waals surface area contributed by atoms with E-state index in [4.69, 9.17) is 4.74 Å². The van der Waals surface area contributed by atoms with Crippen molar-refractivity contribution in [2.75, 3.05) is 0 Å². The number of halogens is 4. The van der Waals surface area contributed by atoms with Crippen LogP contribution in [-0.2, 0) is 0 Å². The maximum Gasteiger partial charge on any atom is 0.512 e. The predicted molar refractivity (Wildman–Crippen MR) is 62.5 cm³/mol. The first-order valence-corrected chi connectivity index (χ1v) is 5.79. The molecule has 18 heavy (non-hydrogen) atoms. The van der Waals surface area contributed by atoms with Gasteiger partial charge >= 0.3 is 6.98 Å². The van der Waals surface area contributed by atoms with Gasteiger partial charge in [0.05, 0.1) is 5.82 Å². The SMILES string of the molecule is Fc1cc(OC2C=CCCC2)ccc1[B-](F)(F)F. The Labute approximate surface area is 103 Å². The molecule has 0 spiro atoms. The zero-order valence-electron chi connectivity index (χ0n) is 9.58. The Balaban J connectivity index is 2.13. The van der Waals surface area contributed by atoms with Crippen LogP contribution in [0.3, 0.4) is 0 Å². The smallest absolute Gasteiger partial charge is 0.486 e. The van der Waals surface area contributed by atoms with Crippen LogP contribution in [0, 0.1) is 5.82 Å². The molecule has 1 aliphatic rings. The van der Waals surface area contributed by atoms with Crippen molar-refractivity contribution < 1.29 is 22.1 Å². The maximum atomic E-state index is 13.3. The summed E-state index contributed by atoms with van der Waals surface area (Å²) >= 11 is 0. The molecule has 2 rings (SSSR count). The van der Waals surface area contributed by atoms with Crippen LogP contribution >= 0.6 is 0 Å². The van der Waals surface area contributed by atoms with Crippen LogP contribution in [0.15, 0.2) is 30.4 Å². The second-order valence-electron chi connectivity index (χ2n) is 4.27. The van der Waals surface area contributed by atoms with Gasteiger partial charge in [0, 0.05) is 6.07 Å². The van der Waals surface area contributed by atoms with Gasteiger partial charge in [-0.2, -0.15) is 0 Å². The number of rotatable bonds is 3. The van der Waals surface area contributed by atoms with Gasteiger partial charge in [0.2, 0.25) is 0 Å². The molecule has 6 heteroatoms. The Morgan fingerprint density at radius 3 is 2.56 bits per heavy atom. The average Bonchev–Trinajstić information content (AvgIpc) is 2.28. The third-order valence-electron chi connectivity index (χ3n) is 2.82. The summed E-state index contributed by atoms with van der Waals surface area (Å²) in [4.78, 5) is 0. The largest absolute Gasteiger partial charge is 0.512 e. The van der Waals surface area contributed by atoms with Crippen molar-refractivity contribution >= 4 is 12.4 Å².